The van der Waals surface area contributed by atoms with Gasteiger partial charge in [0.15, 0.2) is 0 Å². The first kappa shape index (κ1) is 14.0. The third-order valence-electron chi connectivity index (χ3n) is 4.64. The number of ether oxygens (including phenoxy) is 1. The third-order valence-corrected chi connectivity index (χ3v) is 4.87. The van der Waals surface area contributed by atoms with Crippen molar-refractivity contribution in [1.29, 1.82) is 0 Å². The molecule has 5 heteroatoms. The number of benzene rings is 1. The maximum absolute atomic E-state index is 6.02. The van der Waals surface area contributed by atoms with Crippen molar-refractivity contribution in [2.75, 3.05) is 19.6 Å². The Morgan fingerprint density at radius 2 is 1.86 bits per heavy atom. The summed E-state index contributed by atoms with van der Waals surface area (Å²) in [5.74, 6) is 0.654. The number of nitrogens with zero attached hydrogens (tertiary/aromatic N) is 3. The van der Waals surface area contributed by atoms with Crippen LogP contribution in [0.25, 0.3) is 11.1 Å². The van der Waals surface area contributed by atoms with Crippen LogP contribution in [-0.4, -0.2) is 40.6 Å². The minimum absolute atomic E-state index is 0.236. The Labute approximate surface area is 135 Å². The second kappa shape index (κ2) is 5.86. The van der Waals surface area contributed by atoms with Gasteiger partial charge in [-0.3, -0.25) is 4.90 Å². The molecular weight excluding hydrogens is 298 g/mol. The molecule has 3 aliphatic heterocycles. The van der Waals surface area contributed by atoms with Crippen LogP contribution in [0.3, 0.4) is 0 Å². The Hall–Kier alpha value is -1.65. The first-order chi connectivity index (χ1) is 10.8. The maximum atomic E-state index is 6.02. The fourth-order valence-electron chi connectivity index (χ4n) is 3.37. The van der Waals surface area contributed by atoms with E-state index in [-0.39, 0.29) is 6.10 Å². The van der Waals surface area contributed by atoms with Crippen LogP contribution in [-0.2, 0) is 0 Å². The van der Waals surface area contributed by atoms with Crippen molar-refractivity contribution in [3.63, 3.8) is 0 Å². The molecule has 1 unspecified atom stereocenters. The maximum Gasteiger partial charge on any atom is 0.316 e. The van der Waals surface area contributed by atoms with E-state index in [2.05, 4.69) is 14.9 Å². The van der Waals surface area contributed by atoms with Crippen molar-refractivity contribution in [2.24, 2.45) is 5.92 Å². The minimum atomic E-state index is 0.236. The van der Waals surface area contributed by atoms with Crippen LogP contribution in [0.15, 0.2) is 36.7 Å². The Morgan fingerprint density at radius 1 is 1.09 bits per heavy atom. The zero-order chi connectivity index (χ0) is 14.9. The number of piperidine rings is 3. The van der Waals surface area contributed by atoms with Gasteiger partial charge in [-0.05, 0) is 49.5 Å². The van der Waals surface area contributed by atoms with Crippen LogP contribution >= 0.6 is 11.6 Å². The highest BCUT2D eigenvalue weighted by molar-refractivity contribution is 6.30. The normalized spacial score (nSPS) is 26.9. The summed E-state index contributed by atoms with van der Waals surface area (Å²) in [7, 11) is 0. The Bertz CT molecular complexity index is 653. The summed E-state index contributed by atoms with van der Waals surface area (Å²) in [5, 5.41) is 0.713. The van der Waals surface area contributed by atoms with E-state index in [0.717, 1.165) is 17.7 Å². The number of fused-ring (bicyclic) bond motifs is 3. The topological polar surface area (TPSA) is 38.2 Å². The molecular formula is C17H18ClN3O. The molecule has 2 aromatic rings. The summed E-state index contributed by atoms with van der Waals surface area (Å²) in [6.07, 6.45) is 6.29. The summed E-state index contributed by atoms with van der Waals surface area (Å²) < 4.78 is 6.01. The summed E-state index contributed by atoms with van der Waals surface area (Å²) in [6, 6.07) is 8.17. The molecule has 0 spiro atoms. The standard InChI is InChI=1S/C17H18ClN3O/c18-15-3-1-2-13(8-15)14-9-19-17(20-10-14)22-16-11-21-6-4-12(16)5-7-21/h1-3,8-10,12,16H,4-7,11H2. The van der Waals surface area contributed by atoms with E-state index in [4.69, 9.17) is 16.3 Å². The molecule has 3 fully saturated rings. The van der Waals surface area contributed by atoms with Crippen LogP contribution in [0.1, 0.15) is 12.8 Å². The molecule has 1 aromatic heterocycles. The fourth-order valence-corrected chi connectivity index (χ4v) is 3.56. The lowest BCUT2D eigenvalue weighted by atomic mass is 9.86. The Balaban J connectivity index is 1.48. The van der Waals surface area contributed by atoms with Crippen molar-refractivity contribution in [2.45, 2.75) is 18.9 Å². The van der Waals surface area contributed by atoms with Gasteiger partial charge in [0.25, 0.3) is 0 Å². The average Bonchev–Trinajstić information content (AvgIpc) is 2.57. The van der Waals surface area contributed by atoms with E-state index in [0.29, 0.717) is 17.0 Å². The predicted molar refractivity (Wildman–Crippen MR) is 86.1 cm³/mol. The minimum Gasteiger partial charge on any atom is -0.458 e. The lowest BCUT2D eigenvalue weighted by Crippen LogP contribution is -2.52. The van der Waals surface area contributed by atoms with Gasteiger partial charge in [0.05, 0.1) is 0 Å². The van der Waals surface area contributed by atoms with E-state index in [1.54, 1.807) is 12.4 Å². The second-order valence-electron chi connectivity index (χ2n) is 6.06. The average molecular weight is 316 g/mol. The van der Waals surface area contributed by atoms with Gasteiger partial charge in [0.1, 0.15) is 6.10 Å². The zero-order valence-electron chi connectivity index (χ0n) is 12.3. The Morgan fingerprint density at radius 3 is 2.50 bits per heavy atom. The lowest BCUT2D eigenvalue weighted by Gasteiger charge is -2.43. The summed E-state index contributed by atoms with van der Waals surface area (Å²) >= 11 is 6.02. The lowest BCUT2D eigenvalue weighted by molar-refractivity contribution is -0.0123. The van der Waals surface area contributed by atoms with Crippen molar-refractivity contribution in [1.82, 2.24) is 14.9 Å². The van der Waals surface area contributed by atoms with Gasteiger partial charge in [-0.25, -0.2) is 9.97 Å². The number of rotatable bonds is 3. The molecule has 4 heterocycles. The molecule has 2 bridgehead atoms. The van der Waals surface area contributed by atoms with Crippen molar-refractivity contribution in [3.8, 4) is 17.1 Å². The molecule has 0 N–H and O–H groups in total. The van der Waals surface area contributed by atoms with Crippen LogP contribution in [0, 0.1) is 5.92 Å². The molecule has 0 radical (unpaired) electrons. The largest absolute Gasteiger partial charge is 0.458 e. The molecule has 0 amide bonds. The van der Waals surface area contributed by atoms with Crippen LogP contribution in [0.4, 0.5) is 0 Å². The SMILES string of the molecule is Clc1cccc(-c2cnc(OC3CN4CCC3CC4)nc2)c1. The molecule has 1 aromatic carbocycles. The van der Waals surface area contributed by atoms with Gasteiger partial charge in [0.2, 0.25) is 0 Å². The van der Waals surface area contributed by atoms with E-state index < -0.39 is 0 Å². The predicted octanol–water partition coefficient (Wildman–Crippen LogP) is 3.27. The second-order valence-corrected chi connectivity index (χ2v) is 6.50. The molecule has 1 atom stereocenters. The molecule has 114 valence electrons. The summed E-state index contributed by atoms with van der Waals surface area (Å²) in [5.41, 5.74) is 1.96. The summed E-state index contributed by atoms with van der Waals surface area (Å²) in [6.45, 7) is 3.42. The highest BCUT2D eigenvalue weighted by atomic mass is 35.5. The van der Waals surface area contributed by atoms with Crippen molar-refractivity contribution < 1.29 is 4.74 Å². The van der Waals surface area contributed by atoms with Crippen molar-refractivity contribution in [3.05, 3.63) is 41.7 Å². The number of hydrogen-bond acceptors (Lipinski definition) is 4. The van der Waals surface area contributed by atoms with E-state index in [1.165, 1.54) is 25.9 Å². The van der Waals surface area contributed by atoms with Crippen molar-refractivity contribution >= 4 is 11.6 Å². The molecule has 5 rings (SSSR count). The third kappa shape index (κ3) is 2.81. The Kier molecular flexibility index (Phi) is 3.72. The first-order valence-electron chi connectivity index (χ1n) is 7.75. The van der Waals surface area contributed by atoms with E-state index in [9.17, 15) is 0 Å². The quantitative estimate of drug-likeness (QED) is 0.871. The van der Waals surface area contributed by atoms with Crippen LogP contribution in [0.2, 0.25) is 5.02 Å². The molecule has 0 saturated carbocycles. The van der Waals surface area contributed by atoms with E-state index >= 15 is 0 Å². The molecule has 4 nitrogen and oxygen atoms in total. The molecule has 22 heavy (non-hydrogen) atoms. The molecule has 3 saturated heterocycles. The number of aromatic nitrogens is 2. The highest BCUT2D eigenvalue weighted by Crippen LogP contribution is 2.30. The van der Waals surface area contributed by atoms with Crippen LogP contribution < -0.4 is 4.74 Å². The smallest absolute Gasteiger partial charge is 0.316 e. The monoisotopic (exact) mass is 315 g/mol. The van der Waals surface area contributed by atoms with Crippen LogP contribution in [0.5, 0.6) is 6.01 Å². The molecule has 3 aliphatic rings. The van der Waals surface area contributed by atoms with Gasteiger partial charge in [-0.1, -0.05) is 23.7 Å². The van der Waals surface area contributed by atoms with Gasteiger partial charge in [0, 0.05) is 29.5 Å². The van der Waals surface area contributed by atoms with Gasteiger partial charge in [-0.15, -0.1) is 0 Å². The number of hydrogen-bond donors (Lipinski definition) is 0. The first-order valence-corrected chi connectivity index (χ1v) is 8.13. The molecule has 0 aliphatic carbocycles. The van der Waals surface area contributed by atoms with Gasteiger partial charge < -0.3 is 4.74 Å². The van der Waals surface area contributed by atoms with E-state index in [1.807, 2.05) is 24.3 Å². The van der Waals surface area contributed by atoms with Gasteiger partial charge >= 0.3 is 6.01 Å². The van der Waals surface area contributed by atoms with Gasteiger partial charge in [-0.2, -0.15) is 0 Å². The highest BCUT2D eigenvalue weighted by Gasteiger charge is 2.35. The summed E-state index contributed by atoms with van der Waals surface area (Å²) in [4.78, 5) is 11.2. The zero-order valence-corrected chi connectivity index (χ0v) is 13.0. The number of halogens is 1. The fraction of sp³-hybridized carbons (Fsp3) is 0.412.